The first-order valence-electron chi connectivity index (χ1n) is 15.8. The molecule has 258 valence electrons. The number of esters is 1. The minimum Gasteiger partial charge on any atom is -0.467 e. The van der Waals surface area contributed by atoms with E-state index in [9.17, 15) is 28.8 Å². The highest BCUT2D eigenvalue weighted by Crippen LogP contribution is 2.12. The van der Waals surface area contributed by atoms with Crippen molar-refractivity contribution in [2.45, 2.75) is 105 Å². The average molecular weight is 648 g/mol. The second-order valence-corrected chi connectivity index (χ2v) is 12.8. The van der Waals surface area contributed by atoms with Crippen molar-refractivity contribution in [3.63, 3.8) is 0 Å². The molecule has 0 aromatic heterocycles. The van der Waals surface area contributed by atoms with Gasteiger partial charge in [-0.2, -0.15) is 0 Å². The number of hydrogen-bond donors (Lipinski definition) is 5. The fourth-order valence-electron chi connectivity index (χ4n) is 4.46. The molecule has 1 aromatic carbocycles. The Morgan fingerprint density at radius 3 is 1.93 bits per heavy atom. The van der Waals surface area contributed by atoms with Gasteiger partial charge in [-0.3, -0.25) is 19.2 Å². The predicted molar refractivity (Wildman–Crippen MR) is 173 cm³/mol. The zero-order chi connectivity index (χ0) is 35.0. The quantitative estimate of drug-likeness (QED) is 0.151. The number of carbonyl (C=O) groups is 6. The first-order chi connectivity index (χ1) is 21.5. The lowest BCUT2D eigenvalue weighted by Gasteiger charge is -2.29. The van der Waals surface area contributed by atoms with Crippen LogP contribution in [0.25, 0.3) is 0 Å². The molecular weight excluding hydrogens is 594 g/mol. The topological polar surface area (TPSA) is 181 Å². The van der Waals surface area contributed by atoms with Crippen LogP contribution in [0.15, 0.2) is 30.3 Å². The summed E-state index contributed by atoms with van der Waals surface area (Å²) in [7, 11) is 1.24. The van der Waals surface area contributed by atoms with E-state index < -0.39 is 65.9 Å². The normalized spacial score (nSPS) is 13.9. The Kier molecular flexibility index (Phi) is 16.8. The Morgan fingerprint density at radius 1 is 0.804 bits per heavy atom. The third kappa shape index (κ3) is 14.3. The maximum atomic E-state index is 13.2. The fourth-order valence-corrected chi connectivity index (χ4v) is 4.46. The Morgan fingerprint density at radius 2 is 1.39 bits per heavy atom. The fraction of sp³-hybridized carbons (Fsp3) is 0.636. The monoisotopic (exact) mass is 647 g/mol. The van der Waals surface area contributed by atoms with Crippen LogP contribution >= 0.6 is 0 Å². The van der Waals surface area contributed by atoms with Crippen molar-refractivity contribution in [1.82, 2.24) is 26.6 Å². The second kappa shape index (κ2) is 19.4. The summed E-state index contributed by atoms with van der Waals surface area (Å²) in [4.78, 5) is 76.9. The summed E-state index contributed by atoms with van der Waals surface area (Å²) in [5.74, 6) is -3.14. The van der Waals surface area contributed by atoms with E-state index in [-0.39, 0.29) is 24.4 Å². The molecule has 5 amide bonds. The van der Waals surface area contributed by atoms with E-state index in [1.54, 1.807) is 19.1 Å². The highest BCUT2D eigenvalue weighted by Gasteiger charge is 2.34. The Balaban J connectivity index is 2.82. The zero-order valence-corrected chi connectivity index (χ0v) is 28.7. The number of methoxy groups -OCH3 is 1. The van der Waals surface area contributed by atoms with Gasteiger partial charge < -0.3 is 36.1 Å². The number of alkyl carbamates (subject to hydrolysis) is 1. The van der Waals surface area contributed by atoms with Gasteiger partial charge in [0.2, 0.25) is 23.6 Å². The summed E-state index contributed by atoms with van der Waals surface area (Å²) in [6.45, 7) is 13.7. The van der Waals surface area contributed by atoms with Gasteiger partial charge in [-0.15, -0.1) is 0 Å². The lowest BCUT2D eigenvalue weighted by molar-refractivity contribution is -0.146. The number of nitrogens with one attached hydrogen (secondary N) is 5. The molecule has 0 bridgehead atoms. The van der Waals surface area contributed by atoms with Crippen molar-refractivity contribution in [3.05, 3.63) is 35.9 Å². The van der Waals surface area contributed by atoms with Crippen molar-refractivity contribution in [2.24, 2.45) is 17.8 Å². The van der Waals surface area contributed by atoms with Gasteiger partial charge in [-0.25, -0.2) is 9.59 Å². The van der Waals surface area contributed by atoms with Crippen LogP contribution in [-0.4, -0.2) is 73.0 Å². The van der Waals surface area contributed by atoms with E-state index in [1.165, 1.54) is 21.0 Å². The minimum atomic E-state index is -1.46. The molecule has 0 saturated heterocycles. The molecule has 0 spiro atoms. The summed E-state index contributed by atoms with van der Waals surface area (Å²) in [6, 6.07) is 6.28. The SMILES string of the molecule is CC[C@H](C)[C@H](NC(=O)CNC(=O)C(C)(C)NC(=O)[C@H](CC(C)C)NC(=O)OCc1ccccc1)C(=O)N[C@@H](CC(C)C)C(=O)OC. The van der Waals surface area contributed by atoms with Crippen molar-refractivity contribution < 1.29 is 38.2 Å². The molecule has 0 fully saturated rings. The number of rotatable bonds is 18. The molecule has 5 N–H and O–H groups in total. The smallest absolute Gasteiger partial charge is 0.408 e. The molecule has 0 radical (unpaired) electrons. The molecule has 0 unspecified atom stereocenters. The van der Waals surface area contributed by atoms with Gasteiger partial charge >= 0.3 is 12.1 Å². The molecule has 0 aliphatic heterocycles. The molecule has 0 aliphatic rings. The van der Waals surface area contributed by atoms with E-state index >= 15 is 0 Å². The van der Waals surface area contributed by atoms with Gasteiger partial charge in [0.1, 0.15) is 30.3 Å². The lowest BCUT2D eigenvalue weighted by Crippen LogP contribution is -2.60. The largest absolute Gasteiger partial charge is 0.467 e. The number of hydrogen-bond acceptors (Lipinski definition) is 8. The van der Waals surface area contributed by atoms with Crippen molar-refractivity contribution in [3.8, 4) is 0 Å². The summed E-state index contributed by atoms with van der Waals surface area (Å²) in [6.07, 6.45) is 0.436. The number of amides is 5. The molecule has 0 saturated carbocycles. The highest BCUT2D eigenvalue weighted by atomic mass is 16.5. The van der Waals surface area contributed by atoms with Gasteiger partial charge in [0.25, 0.3) is 0 Å². The molecule has 0 heterocycles. The van der Waals surface area contributed by atoms with Gasteiger partial charge in [-0.05, 0) is 50.0 Å². The van der Waals surface area contributed by atoms with Crippen LogP contribution in [0.3, 0.4) is 0 Å². The molecule has 46 heavy (non-hydrogen) atoms. The van der Waals surface area contributed by atoms with Gasteiger partial charge in [0.05, 0.1) is 13.7 Å². The van der Waals surface area contributed by atoms with Gasteiger partial charge in [0, 0.05) is 0 Å². The number of benzene rings is 1. The van der Waals surface area contributed by atoms with Crippen LogP contribution < -0.4 is 26.6 Å². The first-order valence-corrected chi connectivity index (χ1v) is 15.8. The Hall–Kier alpha value is -4.16. The molecule has 13 heteroatoms. The molecule has 1 aromatic rings. The average Bonchev–Trinajstić information content (AvgIpc) is 2.99. The molecule has 1 rings (SSSR count). The third-order valence-electron chi connectivity index (χ3n) is 7.26. The standard InChI is InChI=1S/C33H53N5O8/c1-10-22(6)27(29(41)35-25(17-21(4)5)30(42)45-9)37-26(39)18-34-31(43)33(7,8)38-28(40)24(16-20(2)3)36-32(44)46-19-23-14-12-11-13-15-23/h11-15,20-22,24-25,27H,10,16-19H2,1-9H3,(H,34,43)(H,35,41)(H,36,44)(H,37,39)(H,38,40)/t22-,24-,25-,27-/m0/s1. The van der Waals surface area contributed by atoms with Gasteiger partial charge in [0.15, 0.2) is 0 Å². The summed E-state index contributed by atoms with van der Waals surface area (Å²) < 4.78 is 10.1. The molecule has 0 aliphatic carbocycles. The van der Waals surface area contributed by atoms with E-state index in [0.29, 0.717) is 19.3 Å². The summed E-state index contributed by atoms with van der Waals surface area (Å²) in [5, 5.41) is 13.1. The van der Waals surface area contributed by atoms with Crippen LogP contribution in [0.1, 0.15) is 80.2 Å². The number of ether oxygens (including phenoxy) is 2. The molecule has 4 atom stereocenters. The molecule has 13 nitrogen and oxygen atoms in total. The van der Waals surface area contributed by atoms with Crippen LogP contribution in [0.4, 0.5) is 4.79 Å². The Bertz CT molecular complexity index is 1170. The van der Waals surface area contributed by atoms with Crippen LogP contribution in [0.2, 0.25) is 0 Å². The lowest BCUT2D eigenvalue weighted by atomic mass is 9.97. The van der Waals surface area contributed by atoms with E-state index in [2.05, 4.69) is 26.6 Å². The minimum absolute atomic E-state index is 0.0298. The first kappa shape index (κ1) is 39.9. The predicted octanol–water partition coefficient (Wildman–Crippen LogP) is 2.57. The second-order valence-electron chi connectivity index (χ2n) is 12.8. The van der Waals surface area contributed by atoms with Crippen molar-refractivity contribution in [1.29, 1.82) is 0 Å². The number of carbonyl (C=O) groups excluding carboxylic acids is 6. The van der Waals surface area contributed by atoms with Gasteiger partial charge in [-0.1, -0.05) is 78.3 Å². The third-order valence-corrected chi connectivity index (χ3v) is 7.26. The maximum absolute atomic E-state index is 13.2. The Labute approximate surface area is 272 Å². The van der Waals surface area contributed by atoms with Crippen LogP contribution in [-0.2, 0) is 40.1 Å². The van der Waals surface area contributed by atoms with Crippen molar-refractivity contribution >= 4 is 35.7 Å². The van der Waals surface area contributed by atoms with E-state index in [1.807, 2.05) is 52.8 Å². The van der Waals surface area contributed by atoms with Crippen molar-refractivity contribution in [2.75, 3.05) is 13.7 Å². The maximum Gasteiger partial charge on any atom is 0.408 e. The summed E-state index contributed by atoms with van der Waals surface area (Å²) in [5.41, 5.74) is -0.669. The van der Waals surface area contributed by atoms with E-state index in [0.717, 1.165) is 5.56 Å². The molecular formula is C33H53N5O8. The summed E-state index contributed by atoms with van der Waals surface area (Å²) >= 11 is 0. The van der Waals surface area contributed by atoms with Crippen LogP contribution in [0, 0.1) is 17.8 Å². The zero-order valence-electron chi connectivity index (χ0n) is 28.7. The van der Waals surface area contributed by atoms with Crippen LogP contribution in [0.5, 0.6) is 0 Å². The highest BCUT2D eigenvalue weighted by molar-refractivity contribution is 5.96. The van der Waals surface area contributed by atoms with E-state index in [4.69, 9.17) is 9.47 Å².